The highest BCUT2D eigenvalue weighted by Gasteiger charge is 2.46. The number of carboxylic acids is 1. The van der Waals surface area contributed by atoms with Crippen LogP contribution in [0.3, 0.4) is 0 Å². The third-order valence-corrected chi connectivity index (χ3v) is 6.46. The van der Waals surface area contributed by atoms with Gasteiger partial charge in [0, 0.05) is 35.5 Å². The molecular formula is C27H24FNO6. The van der Waals surface area contributed by atoms with Crippen molar-refractivity contribution in [2.75, 3.05) is 34.0 Å². The maximum Gasteiger partial charge on any atom is 0.335 e. The van der Waals surface area contributed by atoms with Gasteiger partial charge < -0.3 is 29.0 Å². The quantitative estimate of drug-likeness (QED) is 0.399. The average Bonchev–Trinajstić information content (AvgIpc) is 3.18. The molecule has 0 amide bonds. The number of aromatic hydroxyl groups is 1. The van der Waals surface area contributed by atoms with Crippen LogP contribution in [-0.4, -0.2) is 54.8 Å². The molecule has 7 nitrogen and oxygen atoms in total. The molecule has 0 saturated carbocycles. The molecule has 35 heavy (non-hydrogen) atoms. The Morgan fingerprint density at radius 2 is 1.86 bits per heavy atom. The number of carbonyl (C=O) groups is 1. The minimum absolute atomic E-state index is 0.0710. The lowest BCUT2D eigenvalue weighted by Gasteiger charge is -2.42. The van der Waals surface area contributed by atoms with Crippen molar-refractivity contribution in [1.29, 1.82) is 0 Å². The number of fused-ring (bicyclic) bond motifs is 1. The molecule has 0 radical (unpaired) electrons. The van der Waals surface area contributed by atoms with E-state index in [0.29, 0.717) is 36.4 Å². The van der Waals surface area contributed by atoms with Crippen LogP contribution in [0.5, 0.6) is 11.5 Å². The van der Waals surface area contributed by atoms with Crippen LogP contribution in [0.2, 0.25) is 0 Å². The van der Waals surface area contributed by atoms with Crippen molar-refractivity contribution in [3.8, 4) is 28.3 Å². The summed E-state index contributed by atoms with van der Waals surface area (Å²) in [6, 6.07) is 16.4. The van der Waals surface area contributed by atoms with Gasteiger partial charge in [0.15, 0.2) is 11.6 Å². The van der Waals surface area contributed by atoms with Gasteiger partial charge in [0.05, 0.1) is 43.4 Å². The van der Waals surface area contributed by atoms with Gasteiger partial charge in [-0.25, -0.2) is 9.18 Å². The van der Waals surface area contributed by atoms with E-state index in [9.17, 15) is 19.4 Å². The molecule has 0 spiro atoms. The van der Waals surface area contributed by atoms with Gasteiger partial charge in [0.1, 0.15) is 5.75 Å². The first-order valence-corrected chi connectivity index (χ1v) is 11.0. The molecule has 2 heterocycles. The van der Waals surface area contributed by atoms with Gasteiger partial charge >= 0.3 is 5.97 Å². The molecule has 2 N–H and O–H groups in total. The zero-order valence-corrected chi connectivity index (χ0v) is 19.2. The molecule has 1 aliphatic rings. The molecule has 1 aliphatic heterocycles. The third-order valence-electron chi connectivity index (χ3n) is 6.46. The monoisotopic (exact) mass is 477 g/mol. The highest BCUT2D eigenvalue weighted by Crippen LogP contribution is 2.48. The number of aromatic nitrogens is 1. The summed E-state index contributed by atoms with van der Waals surface area (Å²) in [6.45, 7) is 1.12. The topological polar surface area (TPSA) is 90.2 Å². The lowest BCUT2D eigenvalue weighted by molar-refractivity contribution is -0.0938. The number of carboxylic acid groups (broad SMARTS) is 1. The Kier molecular flexibility index (Phi) is 5.70. The fourth-order valence-electron chi connectivity index (χ4n) is 4.85. The number of ether oxygens (including phenoxy) is 3. The van der Waals surface area contributed by atoms with Crippen LogP contribution >= 0.6 is 0 Å². The number of phenols is 1. The van der Waals surface area contributed by atoms with E-state index < -0.39 is 17.2 Å². The second-order valence-electron chi connectivity index (χ2n) is 8.64. The van der Waals surface area contributed by atoms with Gasteiger partial charge in [0.25, 0.3) is 0 Å². The number of hydrogen-bond donors (Lipinski definition) is 2. The zero-order chi connectivity index (χ0) is 24.7. The molecule has 0 atom stereocenters. The van der Waals surface area contributed by atoms with E-state index in [-0.39, 0.29) is 17.1 Å². The van der Waals surface area contributed by atoms with E-state index in [4.69, 9.17) is 14.2 Å². The van der Waals surface area contributed by atoms with E-state index in [1.165, 1.54) is 25.3 Å². The number of benzene rings is 3. The van der Waals surface area contributed by atoms with Crippen molar-refractivity contribution < 1.29 is 33.6 Å². The molecule has 1 saturated heterocycles. The maximum atomic E-state index is 14.3. The van der Waals surface area contributed by atoms with Gasteiger partial charge in [-0.05, 0) is 42.0 Å². The Hall–Kier alpha value is -3.88. The van der Waals surface area contributed by atoms with Crippen LogP contribution < -0.4 is 4.74 Å². The van der Waals surface area contributed by atoms with E-state index in [1.54, 1.807) is 43.5 Å². The smallest absolute Gasteiger partial charge is 0.335 e. The van der Waals surface area contributed by atoms with Crippen molar-refractivity contribution in [3.05, 3.63) is 77.7 Å². The standard InChI is InChI=1S/C27H24FNO6/c1-33-13-27(14-35-15-27)25-23(16-6-8-17(9-7-16)26(31)32)24-20(4-3-5-21(24)30)29(25)18-10-11-19(28)22(12-18)34-2/h3-12,30H,13-15H2,1-2H3,(H,31,32). The van der Waals surface area contributed by atoms with Crippen molar-refractivity contribution in [2.24, 2.45) is 0 Å². The van der Waals surface area contributed by atoms with Crippen molar-refractivity contribution in [2.45, 2.75) is 5.41 Å². The molecule has 1 fully saturated rings. The number of aromatic carboxylic acids is 1. The van der Waals surface area contributed by atoms with E-state index in [2.05, 4.69) is 0 Å². The van der Waals surface area contributed by atoms with E-state index in [1.807, 2.05) is 10.6 Å². The van der Waals surface area contributed by atoms with Gasteiger partial charge in [-0.2, -0.15) is 0 Å². The fraction of sp³-hybridized carbons (Fsp3) is 0.222. The Morgan fingerprint density at radius 3 is 2.46 bits per heavy atom. The summed E-state index contributed by atoms with van der Waals surface area (Å²) in [4.78, 5) is 11.4. The predicted molar refractivity (Wildman–Crippen MR) is 128 cm³/mol. The van der Waals surface area contributed by atoms with Gasteiger partial charge in [-0.1, -0.05) is 18.2 Å². The van der Waals surface area contributed by atoms with Crippen LogP contribution in [0.4, 0.5) is 4.39 Å². The first kappa shape index (κ1) is 22.9. The van der Waals surface area contributed by atoms with Crippen molar-refractivity contribution in [3.63, 3.8) is 0 Å². The number of rotatable bonds is 7. The van der Waals surface area contributed by atoms with Crippen LogP contribution in [-0.2, 0) is 14.9 Å². The van der Waals surface area contributed by atoms with Gasteiger partial charge in [-0.3, -0.25) is 0 Å². The molecule has 3 aromatic carbocycles. The Balaban J connectivity index is 1.91. The average molecular weight is 477 g/mol. The zero-order valence-electron chi connectivity index (χ0n) is 19.2. The predicted octanol–water partition coefficient (Wildman–Crippen LogP) is 4.76. The molecule has 0 unspecified atom stereocenters. The van der Waals surface area contributed by atoms with Crippen molar-refractivity contribution >= 4 is 16.9 Å². The lowest BCUT2D eigenvalue weighted by Crippen LogP contribution is -2.51. The molecular weight excluding hydrogens is 453 g/mol. The molecule has 180 valence electrons. The summed E-state index contributed by atoms with van der Waals surface area (Å²) in [5.41, 5.74) is 3.23. The molecule has 0 bridgehead atoms. The van der Waals surface area contributed by atoms with Gasteiger partial charge in [-0.15, -0.1) is 0 Å². The molecule has 8 heteroatoms. The van der Waals surface area contributed by atoms with Crippen LogP contribution in [0.15, 0.2) is 60.7 Å². The summed E-state index contributed by atoms with van der Waals surface area (Å²) < 4.78 is 32.8. The van der Waals surface area contributed by atoms with Crippen molar-refractivity contribution in [1.82, 2.24) is 4.57 Å². The number of methoxy groups -OCH3 is 2. The number of halogens is 1. The molecule has 0 aliphatic carbocycles. The van der Waals surface area contributed by atoms with Gasteiger partial charge in [0.2, 0.25) is 0 Å². The largest absolute Gasteiger partial charge is 0.507 e. The Bertz CT molecular complexity index is 1420. The summed E-state index contributed by atoms with van der Waals surface area (Å²) in [5, 5.41) is 21.0. The lowest BCUT2D eigenvalue weighted by atomic mass is 9.79. The van der Waals surface area contributed by atoms with Crippen LogP contribution in [0.1, 0.15) is 16.1 Å². The highest BCUT2D eigenvalue weighted by molar-refractivity contribution is 6.04. The van der Waals surface area contributed by atoms with E-state index >= 15 is 0 Å². The second kappa shape index (κ2) is 8.72. The molecule has 1 aromatic heterocycles. The first-order valence-electron chi connectivity index (χ1n) is 11.0. The third kappa shape index (κ3) is 3.62. The number of hydrogen-bond acceptors (Lipinski definition) is 5. The Morgan fingerprint density at radius 1 is 1.11 bits per heavy atom. The van der Waals surface area contributed by atoms with Crippen LogP contribution in [0, 0.1) is 5.82 Å². The number of phenolic OH excluding ortho intramolecular Hbond substituents is 1. The highest BCUT2D eigenvalue weighted by atomic mass is 19.1. The summed E-state index contributed by atoms with van der Waals surface area (Å²) >= 11 is 0. The molecule has 5 rings (SSSR count). The summed E-state index contributed by atoms with van der Waals surface area (Å²) in [7, 11) is 3.02. The fourth-order valence-corrected chi connectivity index (χ4v) is 4.85. The SMILES string of the molecule is COCC1(c2c(-c3ccc(C(=O)O)cc3)c3c(O)cccc3n2-c2ccc(F)c(OC)c2)COC1. The maximum absolute atomic E-state index is 14.3. The Labute approximate surface area is 200 Å². The molecule has 4 aromatic rings. The normalized spacial score (nSPS) is 14.6. The van der Waals surface area contributed by atoms with Crippen LogP contribution in [0.25, 0.3) is 27.7 Å². The number of nitrogens with zero attached hydrogens (tertiary/aromatic N) is 1. The summed E-state index contributed by atoms with van der Waals surface area (Å²) in [5.74, 6) is -1.35. The second-order valence-corrected chi connectivity index (χ2v) is 8.64. The minimum atomic E-state index is -1.02. The minimum Gasteiger partial charge on any atom is -0.507 e. The summed E-state index contributed by atoms with van der Waals surface area (Å²) in [6.07, 6.45) is 0. The van der Waals surface area contributed by atoms with E-state index in [0.717, 1.165) is 16.8 Å². The first-order chi connectivity index (χ1) is 16.9.